The maximum absolute atomic E-state index is 10.9. The highest BCUT2D eigenvalue weighted by atomic mass is 127. The molecular weight excluding hydrogens is 424 g/mol. The number of carbonyl (C=O) groups excluding carboxylic acids is 1. The molecule has 1 saturated heterocycles. The van der Waals surface area contributed by atoms with Crippen LogP contribution in [0.25, 0.3) is 0 Å². The van der Waals surface area contributed by atoms with E-state index in [0.29, 0.717) is 6.61 Å². The molecule has 1 aliphatic rings. The molecule has 0 bridgehead atoms. The Morgan fingerprint density at radius 1 is 1.40 bits per heavy atom. The summed E-state index contributed by atoms with van der Waals surface area (Å²) in [5.74, 6) is 0.283. The molecule has 4 nitrogen and oxygen atoms in total. The number of carbonyl (C=O) groups is 1. The van der Waals surface area contributed by atoms with Crippen LogP contribution in [0.3, 0.4) is 0 Å². The number of rotatable bonds is 1. The molecule has 1 heterocycles. The van der Waals surface area contributed by atoms with Crippen molar-refractivity contribution in [1.82, 2.24) is 5.32 Å². The second kappa shape index (κ2) is 4.32. The molecule has 1 aromatic rings. The van der Waals surface area contributed by atoms with Gasteiger partial charge in [0.1, 0.15) is 12.4 Å². The third-order valence-electron chi connectivity index (χ3n) is 2.11. The highest BCUT2D eigenvalue weighted by Crippen LogP contribution is 2.30. The van der Waals surface area contributed by atoms with Crippen LogP contribution in [0, 0.1) is 7.14 Å². The van der Waals surface area contributed by atoms with Crippen molar-refractivity contribution in [3.63, 3.8) is 0 Å². The number of hydrogen-bond donors (Lipinski definition) is 2. The summed E-state index contributed by atoms with van der Waals surface area (Å²) < 4.78 is 6.36. The first kappa shape index (κ1) is 11.2. The molecule has 0 aliphatic carbocycles. The van der Waals surface area contributed by atoms with E-state index in [-0.39, 0.29) is 11.8 Å². The molecule has 2 N–H and O–H groups in total. The molecule has 0 spiro atoms. The molecule has 6 heteroatoms. The average molecular weight is 431 g/mol. The summed E-state index contributed by atoms with van der Waals surface area (Å²) in [4.78, 5) is 10.9. The van der Waals surface area contributed by atoms with Gasteiger partial charge in [-0.15, -0.1) is 0 Å². The van der Waals surface area contributed by atoms with E-state index in [9.17, 15) is 9.90 Å². The summed E-state index contributed by atoms with van der Waals surface area (Å²) in [5, 5.41) is 12.3. The minimum Gasteiger partial charge on any atom is -0.506 e. The van der Waals surface area contributed by atoms with Crippen molar-refractivity contribution < 1.29 is 14.6 Å². The standard InChI is InChI=1S/C9H7I2NO3/c10-5-1-4(2-6(11)8(5)13)7-3-15-9(14)12-7/h1-2,7,13H,3H2,(H,12,14)/t7-/m0/s1. The van der Waals surface area contributed by atoms with Crippen molar-refractivity contribution in [1.29, 1.82) is 0 Å². The molecule has 1 amide bonds. The number of hydrogen-bond acceptors (Lipinski definition) is 3. The zero-order chi connectivity index (χ0) is 11.0. The Bertz CT molecular complexity index is 399. The smallest absolute Gasteiger partial charge is 0.407 e. The number of benzene rings is 1. The van der Waals surface area contributed by atoms with E-state index in [0.717, 1.165) is 12.7 Å². The summed E-state index contributed by atoms with van der Waals surface area (Å²) in [6.07, 6.45) is -0.391. The minimum absolute atomic E-state index is 0.111. The van der Waals surface area contributed by atoms with Crippen molar-refractivity contribution >= 4 is 51.3 Å². The minimum atomic E-state index is -0.391. The third-order valence-corrected chi connectivity index (χ3v) is 3.76. The van der Waals surface area contributed by atoms with Crippen LogP contribution in [0.5, 0.6) is 5.75 Å². The molecule has 0 aromatic heterocycles. The zero-order valence-corrected chi connectivity index (χ0v) is 11.8. The lowest BCUT2D eigenvalue weighted by molar-refractivity contribution is 0.177. The summed E-state index contributed by atoms with van der Waals surface area (Å²) in [5.41, 5.74) is 0.951. The molecule has 15 heavy (non-hydrogen) atoms. The Kier molecular flexibility index (Phi) is 3.24. The second-order valence-corrected chi connectivity index (χ2v) is 5.45. The maximum Gasteiger partial charge on any atom is 0.407 e. The summed E-state index contributed by atoms with van der Waals surface area (Å²) in [7, 11) is 0. The van der Waals surface area contributed by atoms with E-state index in [2.05, 4.69) is 50.5 Å². The van der Waals surface area contributed by atoms with Gasteiger partial charge in [-0.2, -0.15) is 0 Å². The van der Waals surface area contributed by atoms with Gasteiger partial charge in [0.15, 0.2) is 0 Å². The van der Waals surface area contributed by atoms with Crippen molar-refractivity contribution in [2.45, 2.75) is 6.04 Å². The zero-order valence-electron chi connectivity index (χ0n) is 7.46. The molecule has 1 aromatic carbocycles. The Labute approximate surface area is 114 Å². The molecule has 0 saturated carbocycles. The summed E-state index contributed by atoms with van der Waals surface area (Å²) >= 11 is 4.12. The van der Waals surface area contributed by atoms with Crippen LogP contribution in [0.1, 0.15) is 11.6 Å². The Hall–Kier alpha value is -0.250. The lowest BCUT2D eigenvalue weighted by Crippen LogP contribution is -2.18. The highest BCUT2D eigenvalue weighted by Gasteiger charge is 2.24. The van der Waals surface area contributed by atoms with E-state index in [1.807, 2.05) is 12.1 Å². The normalized spacial score (nSPS) is 19.9. The second-order valence-electron chi connectivity index (χ2n) is 3.13. The fraction of sp³-hybridized carbons (Fsp3) is 0.222. The molecule has 1 aliphatic heterocycles. The number of nitrogens with one attached hydrogen (secondary N) is 1. The average Bonchev–Trinajstić information content (AvgIpc) is 2.60. The van der Waals surface area contributed by atoms with Gasteiger partial charge in [-0.3, -0.25) is 0 Å². The van der Waals surface area contributed by atoms with Crippen molar-refractivity contribution in [2.24, 2.45) is 0 Å². The first-order chi connectivity index (χ1) is 7.08. The van der Waals surface area contributed by atoms with Crippen LogP contribution in [0.4, 0.5) is 4.79 Å². The van der Waals surface area contributed by atoms with Crippen LogP contribution in [-0.4, -0.2) is 17.8 Å². The van der Waals surface area contributed by atoms with Gasteiger partial charge in [0, 0.05) is 0 Å². The molecule has 0 unspecified atom stereocenters. The quantitative estimate of drug-likeness (QED) is 0.672. The number of halogens is 2. The van der Waals surface area contributed by atoms with E-state index in [4.69, 9.17) is 4.74 Å². The largest absolute Gasteiger partial charge is 0.506 e. The predicted octanol–water partition coefficient (Wildman–Crippen LogP) is 2.38. The van der Waals surface area contributed by atoms with Crippen molar-refractivity contribution in [2.75, 3.05) is 6.61 Å². The molecule has 1 fully saturated rings. The number of phenolic OH excluding ortho intramolecular Hbond substituents is 1. The molecule has 80 valence electrons. The van der Waals surface area contributed by atoms with E-state index in [1.165, 1.54) is 0 Å². The van der Waals surface area contributed by atoms with Gasteiger partial charge in [0.25, 0.3) is 0 Å². The van der Waals surface area contributed by atoms with Crippen molar-refractivity contribution in [3.05, 3.63) is 24.8 Å². The fourth-order valence-corrected chi connectivity index (χ4v) is 3.17. The van der Waals surface area contributed by atoms with Crippen LogP contribution in [0.2, 0.25) is 0 Å². The Balaban J connectivity index is 2.33. The number of cyclic esters (lactones) is 1. The maximum atomic E-state index is 10.9. The van der Waals surface area contributed by atoms with Gasteiger partial charge in [0.2, 0.25) is 0 Å². The molecule has 2 rings (SSSR count). The predicted molar refractivity (Wildman–Crippen MR) is 70.8 cm³/mol. The Morgan fingerprint density at radius 2 is 2.00 bits per heavy atom. The van der Waals surface area contributed by atoms with Gasteiger partial charge in [0.05, 0.1) is 13.2 Å². The Morgan fingerprint density at radius 3 is 2.47 bits per heavy atom. The lowest BCUT2D eigenvalue weighted by Gasteiger charge is -2.10. The van der Waals surface area contributed by atoms with E-state index < -0.39 is 6.09 Å². The van der Waals surface area contributed by atoms with Crippen LogP contribution in [0.15, 0.2) is 12.1 Å². The SMILES string of the molecule is O=C1N[C@H](c2cc(I)c(O)c(I)c2)CO1. The van der Waals surface area contributed by atoms with Crippen LogP contribution in [-0.2, 0) is 4.74 Å². The van der Waals surface area contributed by atoms with Gasteiger partial charge < -0.3 is 15.2 Å². The fourth-order valence-electron chi connectivity index (χ4n) is 1.35. The third kappa shape index (κ3) is 2.30. The summed E-state index contributed by atoms with van der Waals surface area (Å²) in [6.45, 7) is 0.343. The van der Waals surface area contributed by atoms with Gasteiger partial charge in [-0.25, -0.2) is 4.79 Å². The number of alkyl carbamates (subject to hydrolysis) is 1. The molecule has 1 atom stereocenters. The molecule has 0 radical (unpaired) electrons. The number of aromatic hydroxyl groups is 1. The topological polar surface area (TPSA) is 58.6 Å². The van der Waals surface area contributed by atoms with Gasteiger partial charge in [-0.05, 0) is 62.9 Å². The lowest BCUT2D eigenvalue weighted by atomic mass is 10.1. The van der Waals surface area contributed by atoms with Crippen LogP contribution < -0.4 is 5.32 Å². The number of amides is 1. The van der Waals surface area contributed by atoms with Gasteiger partial charge >= 0.3 is 6.09 Å². The van der Waals surface area contributed by atoms with E-state index >= 15 is 0 Å². The van der Waals surface area contributed by atoms with E-state index in [1.54, 1.807) is 0 Å². The monoisotopic (exact) mass is 431 g/mol. The van der Waals surface area contributed by atoms with Crippen LogP contribution >= 0.6 is 45.2 Å². The number of ether oxygens (including phenoxy) is 1. The summed E-state index contributed by atoms with van der Waals surface area (Å²) in [6, 6.07) is 3.58. The molecular formula is C9H7I2NO3. The number of phenols is 1. The van der Waals surface area contributed by atoms with Gasteiger partial charge in [-0.1, -0.05) is 0 Å². The highest BCUT2D eigenvalue weighted by molar-refractivity contribution is 14.1. The first-order valence-electron chi connectivity index (χ1n) is 4.19. The first-order valence-corrected chi connectivity index (χ1v) is 6.35. The van der Waals surface area contributed by atoms with Crippen molar-refractivity contribution in [3.8, 4) is 5.75 Å².